The van der Waals surface area contributed by atoms with Crippen molar-refractivity contribution in [2.75, 3.05) is 6.61 Å². The molecule has 1 rings (SSSR count). The van der Waals surface area contributed by atoms with Gasteiger partial charge in [0.05, 0.1) is 12.2 Å². The van der Waals surface area contributed by atoms with Gasteiger partial charge in [-0.2, -0.15) is 0 Å². The van der Waals surface area contributed by atoms with Gasteiger partial charge in [-0.05, 0) is 23.6 Å². The fraction of sp³-hybridized carbons (Fsp3) is 0.467. The van der Waals surface area contributed by atoms with Crippen LogP contribution in [-0.2, 0) is 16.0 Å². The third-order valence-corrected chi connectivity index (χ3v) is 2.53. The van der Waals surface area contributed by atoms with E-state index in [1.807, 2.05) is 20.8 Å². The van der Waals surface area contributed by atoms with Gasteiger partial charge in [-0.25, -0.2) is 4.79 Å². The molecule has 0 aliphatic heterocycles. The number of carbonyl (C=O) groups is 2. The number of ether oxygens (including phenoxy) is 1. The molecule has 0 fully saturated rings. The van der Waals surface area contributed by atoms with E-state index in [0.29, 0.717) is 30.9 Å². The van der Waals surface area contributed by atoms with E-state index >= 15 is 0 Å². The minimum Gasteiger partial charge on any atom is -0.462 e. The summed E-state index contributed by atoms with van der Waals surface area (Å²) in [5.41, 5.74) is 1.46. The van der Waals surface area contributed by atoms with Crippen molar-refractivity contribution in [2.24, 2.45) is 5.92 Å². The van der Waals surface area contributed by atoms with Gasteiger partial charge in [0.1, 0.15) is 5.78 Å². The van der Waals surface area contributed by atoms with Gasteiger partial charge in [0.2, 0.25) is 0 Å². The lowest BCUT2D eigenvalue weighted by Gasteiger charge is -2.07. The summed E-state index contributed by atoms with van der Waals surface area (Å²) in [7, 11) is 0. The summed E-state index contributed by atoms with van der Waals surface area (Å²) in [5, 5.41) is 0. The zero-order chi connectivity index (χ0) is 13.5. The predicted molar refractivity (Wildman–Crippen MR) is 70.6 cm³/mol. The second-order valence-corrected chi connectivity index (χ2v) is 4.76. The highest BCUT2D eigenvalue weighted by atomic mass is 16.5. The molecule has 0 aliphatic rings. The summed E-state index contributed by atoms with van der Waals surface area (Å²) in [6.07, 6.45) is 0.968. The van der Waals surface area contributed by atoms with E-state index in [1.165, 1.54) is 0 Å². The smallest absolute Gasteiger partial charge is 0.338 e. The molecule has 0 aromatic heterocycles. The van der Waals surface area contributed by atoms with Crippen LogP contribution in [0.25, 0.3) is 0 Å². The first-order chi connectivity index (χ1) is 8.52. The predicted octanol–water partition coefficient (Wildman–Crippen LogP) is 3.02. The van der Waals surface area contributed by atoms with Crippen LogP contribution in [-0.4, -0.2) is 18.4 Å². The Morgan fingerprint density at radius 2 is 1.78 bits per heavy atom. The van der Waals surface area contributed by atoms with Gasteiger partial charge < -0.3 is 4.74 Å². The standard InChI is InChI=1S/C15H20O3/c1-4-14(16)9-12-5-7-13(8-6-12)15(17)18-10-11(2)3/h5-8,11H,4,9-10H2,1-3H3. The van der Waals surface area contributed by atoms with Crippen molar-refractivity contribution >= 4 is 11.8 Å². The van der Waals surface area contributed by atoms with Crippen molar-refractivity contribution in [3.8, 4) is 0 Å². The summed E-state index contributed by atoms with van der Waals surface area (Å²) >= 11 is 0. The molecule has 0 saturated heterocycles. The van der Waals surface area contributed by atoms with Crippen molar-refractivity contribution < 1.29 is 14.3 Å². The Morgan fingerprint density at radius 3 is 2.28 bits per heavy atom. The highest BCUT2D eigenvalue weighted by Crippen LogP contribution is 2.08. The van der Waals surface area contributed by atoms with Gasteiger partial charge in [-0.15, -0.1) is 0 Å². The van der Waals surface area contributed by atoms with Crippen molar-refractivity contribution in [1.82, 2.24) is 0 Å². The summed E-state index contributed by atoms with van der Waals surface area (Å²) in [5.74, 6) is 0.220. The average molecular weight is 248 g/mol. The first kappa shape index (κ1) is 14.4. The average Bonchev–Trinajstić information content (AvgIpc) is 2.36. The molecule has 3 nitrogen and oxygen atoms in total. The highest BCUT2D eigenvalue weighted by molar-refractivity contribution is 5.89. The first-order valence-electron chi connectivity index (χ1n) is 6.30. The molecule has 1 aromatic carbocycles. The molecule has 0 unspecified atom stereocenters. The number of benzene rings is 1. The molecule has 0 aliphatic carbocycles. The number of carbonyl (C=O) groups excluding carboxylic acids is 2. The number of hydrogen-bond acceptors (Lipinski definition) is 3. The Hall–Kier alpha value is -1.64. The van der Waals surface area contributed by atoms with Crippen LogP contribution in [0.5, 0.6) is 0 Å². The fourth-order valence-corrected chi connectivity index (χ4v) is 1.44. The molecule has 0 heterocycles. The molecule has 1 aromatic rings. The van der Waals surface area contributed by atoms with Crippen molar-refractivity contribution in [3.63, 3.8) is 0 Å². The molecule has 3 heteroatoms. The normalized spacial score (nSPS) is 10.4. The summed E-state index contributed by atoms with van der Waals surface area (Å²) in [6.45, 7) is 6.26. The van der Waals surface area contributed by atoms with Gasteiger partial charge >= 0.3 is 5.97 Å². The minimum absolute atomic E-state index is 0.199. The maximum absolute atomic E-state index is 11.6. The molecule has 0 bridgehead atoms. The summed E-state index contributed by atoms with van der Waals surface area (Å²) < 4.78 is 5.13. The lowest BCUT2D eigenvalue weighted by molar-refractivity contribution is -0.118. The van der Waals surface area contributed by atoms with Gasteiger partial charge in [-0.1, -0.05) is 32.9 Å². The largest absolute Gasteiger partial charge is 0.462 e. The van der Waals surface area contributed by atoms with Crippen LogP contribution in [0.4, 0.5) is 0 Å². The quantitative estimate of drug-likeness (QED) is 0.727. The van der Waals surface area contributed by atoms with Crippen LogP contribution in [0, 0.1) is 5.92 Å². The zero-order valence-corrected chi connectivity index (χ0v) is 11.2. The molecule has 18 heavy (non-hydrogen) atoms. The molecule has 98 valence electrons. The Bertz CT molecular complexity index is 404. The molecular weight excluding hydrogens is 228 g/mol. The lowest BCUT2D eigenvalue weighted by Crippen LogP contribution is -2.10. The van der Waals surface area contributed by atoms with Crippen LogP contribution >= 0.6 is 0 Å². The monoisotopic (exact) mass is 248 g/mol. The van der Waals surface area contributed by atoms with Crippen LogP contribution in [0.15, 0.2) is 24.3 Å². The van der Waals surface area contributed by atoms with Crippen LogP contribution in [0.1, 0.15) is 43.1 Å². The van der Waals surface area contributed by atoms with Gasteiger partial charge in [-0.3, -0.25) is 4.79 Å². The highest BCUT2D eigenvalue weighted by Gasteiger charge is 2.08. The molecule has 0 radical (unpaired) electrons. The van der Waals surface area contributed by atoms with Crippen molar-refractivity contribution in [3.05, 3.63) is 35.4 Å². The molecule has 0 amide bonds. The van der Waals surface area contributed by atoms with Crippen LogP contribution in [0.3, 0.4) is 0 Å². The third-order valence-electron chi connectivity index (χ3n) is 2.53. The van der Waals surface area contributed by atoms with E-state index in [9.17, 15) is 9.59 Å². The molecular formula is C15H20O3. The van der Waals surface area contributed by atoms with Gasteiger partial charge in [0.15, 0.2) is 0 Å². The first-order valence-corrected chi connectivity index (χ1v) is 6.30. The maximum atomic E-state index is 11.6. The van der Waals surface area contributed by atoms with E-state index in [0.717, 1.165) is 5.56 Å². The van der Waals surface area contributed by atoms with E-state index in [2.05, 4.69) is 0 Å². The third kappa shape index (κ3) is 4.70. The Kier molecular flexibility index (Phi) is 5.56. The van der Waals surface area contributed by atoms with E-state index in [-0.39, 0.29) is 11.8 Å². The van der Waals surface area contributed by atoms with Gasteiger partial charge in [0, 0.05) is 12.8 Å². The van der Waals surface area contributed by atoms with Crippen LogP contribution in [0.2, 0.25) is 0 Å². The SMILES string of the molecule is CCC(=O)Cc1ccc(C(=O)OCC(C)C)cc1. The summed E-state index contributed by atoms with van der Waals surface area (Å²) in [6, 6.07) is 7.03. The van der Waals surface area contributed by atoms with Crippen molar-refractivity contribution in [2.45, 2.75) is 33.6 Å². The lowest BCUT2D eigenvalue weighted by atomic mass is 10.1. The molecule has 0 saturated carbocycles. The van der Waals surface area contributed by atoms with Gasteiger partial charge in [0.25, 0.3) is 0 Å². The number of ketones is 1. The molecule has 0 atom stereocenters. The Balaban J connectivity index is 2.59. The molecule has 0 N–H and O–H groups in total. The topological polar surface area (TPSA) is 43.4 Å². The number of esters is 1. The Morgan fingerprint density at radius 1 is 1.17 bits per heavy atom. The second kappa shape index (κ2) is 6.94. The summed E-state index contributed by atoms with van der Waals surface area (Å²) in [4.78, 5) is 22.9. The second-order valence-electron chi connectivity index (χ2n) is 4.76. The fourth-order valence-electron chi connectivity index (χ4n) is 1.44. The number of hydrogen-bond donors (Lipinski definition) is 0. The Labute approximate surface area is 108 Å². The maximum Gasteiger partial charge on any atom is 0.338 e. The van der Waals surface area contributed by atoms with E-state index in [1.54, 1.807) is 24.3 Å². The minimum atomic E-state index is -0.308. The van der Waals surface area contributed by atoms with E-state index < -0.39 is 0 Å². The number of rotatable bonds is 6. The van der Waals surface area contributed by atoms with Crippen LogP contribution < -0.4 is 0 Å². The van der Waals surface area contributed by atoms with E-state index in [4.69, 9.17) is 4.74 Å². The molecule has 0 spiro atoms. The van der Waals surface area contributed by atoms with Crippen molar-refractivity contribution in [1.29, 1.82) is 0 Å². The number of Topliss-reactive ketones (excluding diaryl/α,β-unsaturated/α-hetero) is 1. The zero-order valence-electron chi connectivity index (χ0n) is 11.2.